The van der Waals surface area contributed by atoms with Crippen molar-refractivity contribution in [3.8, 4) is 0 Å². The van der Waals surface area contributed by atoms with Crippen molar-refractivity contribution in [2.24, 2.45) is 0 Å². The summed E-state index contributed by atoms with van der Waals surface area (Å²) in [5.74, 6) is 1.06. The third-order valence-electron chi connectivity index (χ3n) is 7.24. The molecule has 5 rings (SSSR count). The number of likely N-dealkylation sites (N-methyl/N-ethyl adjacent to an activating group) is 1. The van der Waals surface area contributed by atoms with Gasteiger partial charge in [-0.05, 0) is 38.8 Å². The molecule has 2 aliphatic rings. The van der Waals surface area contributed by atoms with Gasteiger partial charge in [0, 0.05) is 47.6 Å². The maximum atomic E-state index is 4.76. The molecule has 1 unspecified atom stereocenters. The molecule has 2 aromatic carbocycles. The predicted molar refractivity (Wildman–Crippen MR) is 129 cm³/mol. The van der Waals surface area contributed by atoms with Gasteiger partial charge in [0.05, 0.1) is 5.41 Å². The molecular formula is C28H30N3+. The molecule has 0 N–H and O–H groups in total. The van der Waals surface area contributed by atoms with Crippen LogP contribution in [-0.2, 0) is 17.3 Å². The Bertz CT molecular complexity index is 1220. The van der Waals surface area contributed by atoms with Gasteiger partial charge in [-0.2, -0.15) is 4.58 Å². The van der Waals surface area contributed by atoms with Crippen LogP contribution in [0.3, 0.4) is 0 Å². The molecule has 0 saturated carbocycles. The minimum atomic E-state index is -0.154. The minimum absolute atomic E-state index is 0.0605. The van der Waals surface area contributed by atoms with Crippen LogP contribution in [0.15, 0.2) is 84.7 Å². The molecule has 0 aliphatic carbocycles. The molecule has 0 saturated heterocycles. The Hall–Kier alpha value is -3.20. The van der Waals surface area contributed by atoms with Crippen LogP contribution in [0, 0.1) is 0 Å². The van der Waals surface area contributed by atoms with Crippen molar-refractivity contribution in [1.82, 2.24) is 4.98 Å². The lowest BCUT2D eigenvalue weighted by molar-refractivity contribution is -0.401. The second-order valence-electron chi connectivity index (χ2n) is 9.54. The Kier molecular flexibility index (Phi) is 4.40. The Morgan fingerprint density at radius 1 is 0.903 bits per heavy atom. The number of benzene rings is 2. The summed E-state index contributed by atoms with van der Waals surface area (Å²) in [4.78, 5) is 7.05. The summed E-state index contributed by atoms with van der Waals surface area (Å²) in [6, 6.07) is 23.9. The first-order chi connectivity index (χ1) is 14.8. The molecule has 3 aromatic rings. The lowest BCUT2D eigenvalue weighted by Gasteiger charge is -2.29. The van der Waals surface area contributed by atoms with Gasteiger partial charge in [0.1, 0.15) is 12.9 Å². The zero-order chi connectivity index (χ0) is 21.8. The van der Waals surface area contributed by atoms with Crippen molar-refractivity contribution in [2.75, 3.05) is 19.0 Å². The summed E-state index contributed by atoms with van der Waals surface area (Å²) in [6.45, 7) is 7.03. The maximum absolute atomic E-state index is 4.76. The van der Waals surface area contributed by atoms with Gasteiger partial charge in [0.2, 0.25) is 5.69 Å². The maximum Gasteiger partial charge on any atom is 0.209 e. The summed E-state index contributed by atoms with van der Waals surface area (Å²) in [5.41, 5.74) is 7.71. The second-order valence-corrected chi connectivity index (χ2v) is 9.54. The van der Waals surface area contributed by atoms with Gasteiger partial charge >= 0.3 is 0 Å². The Morgan fingerprint density at radius 3 is 2.32 bits per heavy atom. The summed E-state index contributed by atoms with van der Waals surface area (Å²) in [5, 5.41) is 0. The number of hydrogen-bond donors (Lipinski definition) is 0. The SMILES string of the molecule is CN1C(=CC2=[N+](C)c3ccccc3C2(C)C)C(C)(Cc2ccccc2)c2cccnc21. The van der Waals surface area contributed by atoms with Crippen LogP contribution in [-0.4, -0.2) is 29.4 Å². The first kappa shape index (κ1) is 19.7. The average Bonchev–Trinajstić information content (AvgIpc) is 3.10. The predicted octanol–water partition coefficient (Wildman–Crippen LogP) is 5.62. The topological polar surface area (TPSA) is 19.1 Å². The molecule has 0 bridgehead atoms. The van der Waals surface area contributed by atoms with Crippen LogP contribution >= 0.6 is 0 Å². The highest BCUT2D eigenvalue weighted by molar-refractivity contribution is 6.04. The van der Waals surface area contributed by atoms with Gasteiger partial charge in [0.15, 0.2) is 5.71 Å². The molecule has 1 atom stereocenters. The molecule has 0 fully saturated rings. The van der Waals surface area contributed by atoms with E-state index in [0.29, 0.717) is 0 Å². The highest BCUT2D eigenvalue weighted by Gasteiger charge is 2.48. The van der Waals surface area contributed by atoms with E-state index in [1.165, 1.54) is 33.8 Å². The number of hydrogen-bond acceptors (Lipinski definition) is 2. The van der Waals surface area contributed by atoms with Crippen LogP contribution in [0.25, 0.3) is 0 Å². The largest absolute Gasteiger partial charge is 0.332 e. The molecule has 3 heterocycles. The van der Waals surface area contributed by atoms with Crippen molar-refractivity contribution in [2.45, 2.75) is 38.0 Å². The van der Waals surface area contributed by atoms with Crippen molar-refractivity contribution in [3.05, 3.63) is 101 Å². The molecule has 3 nitrogen and oxygen atoms in total. The van der Waals surface area contributed by atoms with E-state index in [0.717, 1.165) is 12.2 Å². The van der Waals surface area contributed by atoms with E-state index in [2.05, 4.69) is 117 Å². The van der Waals surface area contributed by atoms with E-state index < -0.39 is 0 Å². The zero-order valence-corrected chi connectivity index (χ0v) is 19.1. The van der Waals surface area contributed by atoms with E-state index in [4.69, 9.17) is 4.98 Å². The zero-order valence-electron chi connectivity index (χ0n) is 19.1. The molecule has 3 heteroatoms. The Morgan fingerprint density at radius 2 is 1.58 bits per heavy atom. The Balaban J connectivity index is 1.69. The number of anilines is 1. The summed E-state index contributed by atoms with van der Waals surface area (Å²) in [6.07, 6.45) is 5.26. The third kappa shape index (κ3) is 2.87. The number of nitrogens with zero attached hydrogens (tertiary/aromatic N) is 3. The highest BCUT2D eigenvalue weighted by Crippen LogP contribution is 2.49. The molecule has 2 aliphatic heterocycles. The lowest BCUT2D eigenvalue weighted by atomic mass is 9.75. The smallest absolute Gasteiger partial charge is 0.209 e. The monoisotopic (exact) mass is 408 g/mol. The van der Waals surface area contributed by atoms with Crippen molar-refractivity contribution >= 4 is 17.2 Å². The third-order valence-corrected chi connectivity index (χ3v) is 7.24. The minimum Gasteiger partial charge on any atom is -0.332 e. The molecule has 0 spiro atoms. The van der Waals surface area contributed by atoms with E-state index in [9.17, 15) is 0 Å². The number of aromatic nitrogens is 1. The molecule has 156 valence electrons. The standard InChI is InChI=1S/C28H30N3/c1-27(2)21-14-9-10-16-23(21)30(4)24(27)18-25-28(3,19-20-12-7-6-8-13-20)22-15-11-17-29-26(22)31(25)5/h6-18H,19H2,1-5H3/q+1. The van der Waals surface area contributed by atoms with E-state index in [-0.39, 0.29) is 10.8 Å². The quantitative estimate of drug-likeness (QED) is 0.524. The normalized spacial score (nSPS) is 22.7. The number of rotatable bonds is 3. The van der Waals surface area contributed by atoms with Gasteiger partial charge in [-0.1, -0.05) is 54.6 Å². The van der Waals surface area contributed by atoms with E-state index in [1.54, 1.807) is 0 Å². The fourth-order valence-electron chi connectivity index (χ4n) is 5.55. The van der Waals surface area contributed by atoms with Crippen molar-refractivity contribution in [1.29, 1.82) is 0 Å². The molecular weight excluding hydrogens is 378 g/mol. The first-order valence-corrected chi connectivity index (χ1v) is 11.0. The van der Waals surface area contributed by atoms with Gasteiger partial charge in [-0.3, -0.25) is 0 Å². The van der Waals surface area contributed by atoms with Crippen molar-refractivity contribution in [3.63, 3.8) is 0 Å². The fraction of sp³-hybridized carbons (Fsp3) is 0.286. The first-order valence-electron chi connectivity index (χ1n) is 11.0. The van der Waals surface area contributed by atoms with Crippen LogP contribution in [0.5, 0.6) is 0 Å². The summed E-state index contributed by atoms with van der Waals surface area (Å²) >= 11 is 0. The second kappa shape index (κ2) is 6.91. The number of para-hydroxylation sites is 1. The fourth-order valence-corrected chi connectivity index (χ4v) is 5.55. The van der Waals surface area contributed by atoms with Gasteiger partial charge in [-0.25, -0.2) is 4.98 Å². The molecule has 0 amide bonds. The molecule has 1 aromatic heterocycles. The number of fused-ring (bicyclic) bond motifs is 2. The van der Waals surface area contributed by atoms with Crippen LogP contribution in [0.4, 0.5) is 11.5 Å². The van der Waals surface area contributed by atoms with Gasteiger partial charge < -0.3 is 4.90 Å². The lowest BCUT2D eigenvalue weighted by Crippen LogP contribution is -2.33. The van der Waals surface area contributed by atoms with Crippen molar-refractivity contribution < 1.29 is 4.58 Å². The van der Waals surface area contributed by atoms with Crippen LogP contribution < -0.4 is 4.90 Å². The van der Waals surface area contributed by atoms with E-state index >= 15 is 0 Å². The van der Waals surface area contributed by atoms with Crippen LogP contribution in [0.2, 0.25) is 0 Å². The van der Waals surface area contributed by atoms with E-state index in [1.807, 2.05) is 6.20 Å². The number of pyridine rings is 1. The van der Waals surface area contributed by atoms with Crippen LogP contribution in [0.1, 0.15) is 37.5 Å². The van der Waals surface area contributed by atoms with Gasteiger partial charge in [-0.15, -0.1) is 0 Å². The summed E-state index contributed by atoms with van der Waals surface area (Å²) in [7, 11) is 4.35. The van der Waals surface area contributed by atoms with Gasteiger partial charge in [0.25, 0.3) is 0 Å². The molecule has 0 radical (unpaired) electrons. The highest BCUT2D eigenvalue weighted by atomic mass is 15.2. The number of allylic oxidation sites excluding steroid dienone is 2. The molecule has 31 heavy (non-hydrogen) atoms. The Labute approximate surface area is 185 Å². The summed E-state index contributed by atoms with van der Waals surface area (Å²) < 4.78 is 2.36. The average molecular weight is 409 g/mol.